The predicted molar refractivity (Wildman–Crippen MR) is 153 cm³/mol. The van der Waals surface area contributed by atoms with Crippen molar-refractivity contribution >= 4 is 23.5 Å². The van der Waals surface area contributed by atoms with E-state index in [1.54, 1.807) is 11.0 Å². The van der Waals surface area contributed by atoms with Crippen molar-refractivity contribution < 1.29 is 19.4 Å². The molecule has 4 aliphatic rings. The molecule has 2 aliphatic heterocycles. The maximum Gasteiger partial charge on any atom is 0.234 e. The fourth-order valence-corrected chi connectivity index (χ4v) is 7.57. The minimum atomic E-state index is -0.264. The quantitative estimate of drug-likeness (QED) is 0.246. The fourth-order valence-electron chi connectivity index (χ4n) is 7.57. The number of hydrogen-bond acceptors (Lipinski definition) is 4. The predicted octanol–water partition coefficient (Wildman–Crippen LogP) is 6.77. The van der Waals surface area contributed by atoms with E-state index in [1.807, 2.05) is 36.4 Å². The zero-order chi connectivity index (χ0) is 26.9. The summed E-state index contributed by atoms with van der Waals surface area (Å²) in [7, 11) is 0. The van der Waals surface area contributed by atoms with Gasteiger partial charge in [-0.25, -0.2) is 0 Å². The van der Waals surface area contributed by atoms with Crippen LogP contribution >= 0.6 is 0 Å². The van der Waals surface area contributed by atoms with Gasteiger partial charge in [0.15, 0.2) is 0 Å². The molecular weight excluding hydrogens is 486 g/mol. The molecule has 204 valence electrons. The second kappa shape index (κ2) is 11.1. The van der Waals surface area contributed by atoms with E-state index in [0.717, 1.165) is 61.6 Å². The molecule has 1 N–H and O–H groups in total. The second-order valence-electron chi connectivity index (χ2n) is 11.6. The zero-order valence-electron chi connectivity index (χ0n) is 22.9. The first-order valence-corrected chi connectivity index (χ1v) is 14.8. The van der Waals surface area contributed by atoms with Crippen LogP contribution in [0.4, 0.5) is 0 Å². The minimum absolute atomic E-state index is 0.0102. The van der Waals surface area contributed by atoms with Gasteiger partial charge in [-0.3, -0.25) is 14.5 Å². The number of amides is 2. The first-order chi connectivity index (χ1) is 19.1. The van der Waals surface area contributed by atoms with E-state index in [2.05, 4.69) is 25.1 Å². The SMILES string of the molecule is CCC1=C2[C@@H](CC/C(=C/c3ccccc3O)c3ccccc3)OC[C@@H]2[C@@H]2C(=O)N(C3CCCCC3)C(=O)[C@@H]2C1. The lowest BCUT2D eigenvalue weighted by Crippen LogP contribution is -2.42. The number of phenolic OH excluding ortho intramolecular Hbond substituents is 1. The molecule has 0 radical (unpaired) electrons. The van der Waals surface area contributed by atoms with Crippen LogP contribution in [0.5, 0.6) is 5.75 Å². The molecule has 2 aliphatic carbocycles. The van der Waals surface area contributed by atoms with Crippen LogP contribution in [0.2, 0.25) is 0 Å². The van der Waals surface area contributed by atoms with Crippen LogP contribution in [0.25, 0.3) is 11.6 Å². The van der Waals surface area contributed by atoms with Gasteiger partial charge in [0.05, 0.1) is 24.5 Å². The van der Waals surface area contributed by atoms with Crippen molar-refractivity contribution in [1.82, 2.24) is 4.90 Å². The molecule has 39 heavy (non-hydrogen) atoms. The number of fused-ring (bicyclic) bond motifs is 3. The van der Waals surface area contributed by atoms with Crippen molar-refractivity contribution in [1.29, 1.82) is 0 Å². The maximum absolute atomic E-state index is 13.8. The molecule has 4 atom stereocenters. The largest absolute Gasteiger partial charge is 0.507 e. The Kier molecular flexibility index (Phi) is 7.44. The highest BCUT2D eigenvalue weighted by Crippen LogP contribution is 2.51. The fraction of sp³-hybridized carbons (Fsp3) is 0.471. The van der Waals surface area contributed by atoms with Crippen LogP contribution < -0.4 is 0 Å². The second-order valence-corrected chi connectivity index (χ2v) is 11.6. The summed E-state index contributed by atoms with van der Waals surface area (Å²) in [6, 6.07) is 17.8. The molecule has 2 aromatic carbocycles. The van der Waals surface area contributed by atoms with Gasteiger partial charge in [0, 0.05) is 17.5 Å². The number of ether oxygens (including phenoxy) is 1. The Bertz CT molecular complexity index is 1290. The third-order valence-electron chi connectivity index (χ3n) is 9.50. The van der Waals surface area contributed by atoms with Crippen molar-refractivity contribution in [2.45, 2.75) is 76.9 Å². The summed E-state index contributed by atoms with van der Waals surface area (Å²) in [6.45, 7) is 2.69. The maximum atomic E-state index is 13.8. The number of likely N-dealkylation sites (tertiary alicyclic amines) is 1. The van der Waals surface area contributed by atoms with Crippen LogP contribution in [0.1, 0.15) is 75.8 Å². The lowest BCUT2D eigenvalue weighted by Gasteiger charge is -2.31. The third-order valence-corrected chi connectivity index (χ3v) is 9.50. The number of benzene rings is 2. The van der Waals surface area contributed by atoms with E-state index in [4.69, 9.17) is 4.74 Å². The molecule has 0 bridgehead atoms. The van der Waals surface area contributed by atoms with Crippen molar-refractivity contribution in [2.75, 3.05) is 6.61 Å². The number of imide groups is 1. The Labute approximate surface area is 231 Å². The molecule has 0 aromatic heterocycles. The molecule has 0 spiro atoms. The molecule has 2 aromatic rings. The van der Waals surface area contributed by atoms with E-state index >= 15 is 0 Å². The lowest BCUT2D eigenvalue weighted by atomic mass is 9.69. The average molecular weight is 526 g/mol. The Hall–Kier alpha value is -3.18. The highest BCUT2D eigenvalue weighted by molar-refractivity contribution is 6.06. The molecule has 5 nitrogen and oxygen atoms in total. The van der Waals surface area contributed by atoms with Crippen LogP contribution in [0.15, 0.2) is 65.7 Å². The normalized spacial score (nSPS) is 27.7. The summed E-state index contributed by atoms with van der Waals surface area (Å²) in [6.07, 6.45) is 10.5. The molecule has 2 amide bonds. The molecule has 3 fully saturated rings. The topological polar surface area (TPSA) is 66.8 Å². The zero-order valence-corrected chi connectivity index (χ0v) is 22.9. The number of aromatic hydroxyl groups is 1. The Morgan fingerprint density at radius 2 is 1.72 bits per heavy atom. The average Bonchev–Trinajstić information content (AvgIpc) is 3.50. The molecule has 5 heteroatoms. The van der Waals surface area contributed by atoms with E-state index < -0.39 is 0 Å². The van der Waals surface area contributed by atoms with E-state index in [1.165, 1.54) is 17.6 Å². The van der Waals surface area contributed by atoms with Crippen molar-refractivity contribution in [3.05, 3.63) is 76.9 Å². The highest BCUT2D eigenvalue weighted by Gasteiger charge is 2.57. The van der Waals surface area contributed by atoms with E-state index in [-0.39, 0.29) is 47.5 Å². The smallest absolute Gasteiger partial charge is 0.234 e. The summed E-state index contributed by atoms with van der Waals surface area (Å²) in [5.41, 5.74) is 5.69. The van der Waals surface area contributed by atoms with Crippen molar-refractivity contribution in [3.8, 4) is 5.75 Å². The summed E-state index contributed by atoms with van der Waals surface area (Å²) < 4.78 is 6.45. The van der Waals surface area contributed by atoms with Crippen molar-refractivity contribution in [3.63, 3.8) is 0 Å². The van der Waals surface area contributed by atoms with E-state index in [9.17, 15) is 14.7 Å². The summed E-state index contributed by atoms with van der Waals surface area (Å²) >= 11 is 0. The number of hydrogen-bond donors (Lipinski definition) is 1. The number of para-hydroxylation sites is 1. The Morgan fingerprint density at radius 1 is 0.974 bits per heavy atom. The Balaban J connectivity index is 1.25. The van der Waals surface area contributed by atoms with Gasteiger partial charge in [0.25, 0.3) is 0 Å². The minimum Gasteiger partial charge on any atom is -0.507 e. The monoisotopic (exact) mass is 525 g/mol. The van der Waals surface area contributed by atoms with Gasteiger partial charge in [0.2, 0.25) is 11.8 Å². The number of phenols is 1. The van der Waals surface area contributed by atoms with Crippen LogP contribution in [0.3, 0.4) is 0 Å². The first kappa shape index (κ1) is 26.1. The van der Waals surface area contributed by atoms with Gasteiger partial charge in [-0.05, 0) is 67.4 Å². The van der Waals surface area contributed by atoms with Gasteiger partial charge in [-0.2, -0.15) is 0 Å². The summed E-state index contributed by atoms with van der Waals surface area (Å²) in [5, 5.41) is 10.4. The van der Waals surface area contributed by atoms with Crippen LogP contribution in [-0.4, -0.2) is 40.6 Å². The molecule has 1 saturated carbocycles. The van der Waals surface area contributed by atoms with Gasteiger partial charge in [-0.1, -0.05) is 80.3 Å². The first-order valence-electron chi connectivity index (χ1n) is 14.8. The number of rotatable bonds is 7. The lowest BCUT2D eigenvalue weighted by molar-refractivity contribution is -0.143. The van der Waals surface area contributed by atoms with E-state index in [0.29, 0.717) is 13.0 Å². The summed E-state index contributed by atoms with van der Waals surface area (Å²) in [5.74, 6) is -0.0719. The van der Waals surface area contributed by atoms with Gasteiger partial charge < -0.3 is 9.84 Å². The molecule has 2 saturated heterocycles. The Morgan fingerprint density at radius 3 is 2.46 bits per heavy atom. The molecule has 0 unspecified atom stereocenters. The molecular formula is C34H39NO4. The van der Waals surface area contributed by atoms with Gasteiger partial charge in [-0.15, -0.1) is 0 Å². The number of carbonyl (C=O) groups excluding carboxylic acids is 2. The van der Waals surface area contributed by atoms with Crippen LogP contribution in [0, 0.1) is 17.8 Å². The number of carbonyl (C=O) groups is 2. The van der Waals surface area contributed by atoms with Crippen LogP contribution in [-0.2, 0) is 14.3 Å². The summed E-state index contributed by atoms with van der Waals surface area (Å²) in [4.78, 5) is 29.0. The van der Waals surface area contributed by atoms with Crippen molar-refractivity contribution in [2.24, 2.45) is 17.8 Å². The van der Waals surface area contributed by atoms with Gasteiger partial charge in [0.1, 0.15) is 5.75 Å². The molecule has 2 heterocycles. The standard InChI is InChI=1S/C34H39NO4/c1-2-22-20-27-32(34(38)35(33(27)37)26-14-7-4-8-15-26)28-21-39-30(31(22)28)18-17-24(23-11-5-3-6-12-23)19-25-13-9-10-16-29(25)36/h3,5-6,9-13,16,19,26-28,30,32,36H,2,4,7-8,14-15,17-18,20-21H2,1H3/b24-19-/t27-,28+,30-,32-/m1/s1. The molecule has 6 rings (SSSR count). The third kappa shape index (κ3) is 4.86. The number of allylic oxidation sites excluding steroid dienone is 2. The van der Waals surface area contributed by atoms with Gasteiger partial charge >= 0.3 is 0 Å². The highest BCUT2D eigenvalue weighted by atomic mass is 16.5. The number of nitrogens with zero attached hydrogens (tertiary/aromatic N) is 1.